The van der Waals surface area contributed by atoms with Crippen LogP contribution in [0, 0.1) is 5.92 Å². The van der Waals surface area contributed by atoms with Gasteiger partial charge in [0.15, 0.2) is 0 Å². The van der Waals surface area contributed by atoms with Crippen LogP contribution in [0.1, 0.15) is 36.2 Å². The lowest BCUT2D eigenvalue weighted by molar-refractivity contribution is -0.123. The number of rotatable bonds is 3. The summed E-state index contributed by atoms with van der Waals surface area (Å²) in [5.41, 5.74) is 1.67. The summed E-state index contributed by atoms with van der Waals surface area (Å²) < 4.78 is 0. The summed E-state index contributed by atoms with van der Waals surface area (Å²) in [5.74, 6) is 0.131. The Kier molecular flexibility index (Phi) is 3.53. The topological polar surface area (TPSA) is 61.4 Å². The van der Waals surface area contributed by atoms with E-state index in [1.54, 1.807) is 11.0 Å². The first-order chi connectivity index (χ1) is 12.0. The molecule has 5 heteroatoms. The van der Waals surface area contributed by atoms with Gasteiger partial charge in [0.05, 0.1) is 11.3 Å². The van der Waals surface area contributed by atoms with E-state index in [4.69, 9.17) is 0 Å². The standard InChI is InChI=1S/C20H21N3O2/c1-13(2)11-12-23-17-10-6-4-8-15(17)20(19(23)25)21-16-9-5-3-7-14(16)18(24)22-20/h3-10,13,21H,11-12H2,1-2H3,(H,22,24)/t20-/m1/s1. The molecular formula is C20H21N3O2. The monoisotopic (exact) mass is 335 g/mol. The third kappa shape index (κ3) is 2.30. The van der Waals surface area contributed by atoms with Gasteiger partial charge in [-0.05, 0) is 30.5 Å². The smallest absolute Gasteiger partial charge is 0.278 e. The Morgan fingerprint density at radius 3 is 2.52 bits per heavy atom. The number of hydrogen-bond acceptors (Lipinski definition) is 3. The number of hydrogen-bond donors (Lipinski definition) is 2. The van der Waals surface area contributed by atoms with Gasteiger partial charge < -0.3 is 15.5 Å². The van der Waals surface area contributed by atoms with Crippen LogP contribution >= 0.6 is 0 Å². The molecule has 128 valence electrons. The third-order valence-corrected chi connectivity index (χ3v) is 4.89. The maximum Gasteiger partial charge on any atom is 0.278 e. The lowest BCUT2D eigenvalue weighted by Crippen LogP contribution is -2.60. The molecule has 2 amide bonds. The quantitative estimate of drug-likeness (QED) is 0.906. The van der Waals surface area contributed by atoms with Crippen LogP contribution in [0.3, 0.4) is 0 Å². The van der Waals surface area contributed by atoms with E-state index in [1.807, 2.05) is 42.5 Å². The van der Waals surface area contributed by atoms with Crippen LogP contribution in [0.15, 0.2) is 48.5 Å². The Labute approximate surface area is 147 Å². The predicted octanol–water partition coefficient (Wildman–Crippen LogP) is 3.09. The van der Waals surface area contributed by atoms with Crippen molar-refractivity contribution in [1.82, 2.24) is 5.32 Å². The number of anilines is 2. The number of amides is 2. The maximum absolute atomic E-state index is 13.4. The summed E-state index contributed by atoms with van der Waals surface area (Å²) in [6, 6.07) is 14.9. The molecule has 0 aromatic heterocycles. The second kappa shape index (κ2) is 5.62. The first kappa shape index (κ1) is 15.7. The van der Waals surface area contributed by atoms with Crippen molar-refractivity contribution in [3.8, 4) is 0 Å². The fourth-order valence-corrected chi connectivity index (χ4v) is 3.57. The van der Waals surface area contributed by atoms with Crippen LogP contribution in [-0.2, 0) is 10.5 Å². The molecular weight excluding hydrogens is 314 g/mol. The van der Waals surface area contributed by atoms with E-state index >= 15 is 0 Å². The Bertz CT molecular complexity index is 862. The molecule has 0 aliphatic carbocycles. The molecule has 0 saturated heterocycles. The second-order valence-electron chi connectivity index (χ2n) is 7.03. The van der Waals surface area contributed by atoms with E-state index < -0.39 is 5.66 Å². The molecule has 1 spiro atoms. The number of nitrogens with zero attached hydrogens (tertiary/aromatic N) is 1. The van der Waals surface area contributed by atoms with Crippen LogP contribution in [0.5, 0.6) is 0 Å². The van der Waals surface area contributed by atoms with Crippen LogP contribution in [0.25, 0.3) is 0 Å². The first-order valence-electron chi connectivity index (χ1n) is 8.64. The van der Waals surface area contributed by atoms with E-state index in [0.717, 1.165) is 17.7 Å². The minimum Gasteiger partial charge on any atom is -0.350 e. The highest BCUT2D eigenvalue weighted by atomic mass is 16.2. The molecule has 2 aliphatic rings. The fourth-order valence-electron chi connectivity index (χ4n) is 3.57. The predicted molar refractivity (Wildman–Crippen MR) is 97.5 cm³/mol. The van der Waals surface area contributed by atoms with Gasteiger partial charge in [0.2, 0.25) is 5.66 Å². The fraction of sp³-hybridized carbons (Fsp3) is 0.300. The maximum atomic E-state index is 13.4. The van der Waals surface area contributed by atoms with Crippen molar-refractivity contribution in [1.29, 1.82) is 0 Å². The number of nitrogens with one attached hydrogen (secondary N) is 2. The summed E-state index contributed by atoms with van der Waals surface area (Å²) in [5, 5.41) is 6.23. The number of benzene rings is 2. The number of fused-ring (bicyclic) bond motifs is 3. The molecule has 0 saturated carbocycles. The first-order valence-corrected chi connectivity index (χ1v) is 8.64. The number of carbonyl (C=O) groups is 2. The largest absolute Gasteiger partial charge is 0.350 e. The van der Waals surface area contributed by atoms with Crippen molar-refractivity contribution in [3.05, 3.63) is 59.7 Å². The second-order valence-corrected chi connectivity index (χ2v) is 7.03. The van der Waals surface area contributed by atoms with Gasteiger partial charge in [-0.15, -0.1) is 0 Å². The average molecular weight is 335 g/mol. The van der Waals surface area contributed by atoms with Crippen molar-refractivity contribution in [3.63, 3.8) is 0 Å². The average Bonchev–Trinajstić information content (AvgIpc) is 2.82. The van der Waals surface area contributed by atoms with E-state index in [9.17, 15) is 9.59 Å². The highest BCUT2D eigenvalue weighted by molar-refractivity contribution is 6.15. The van der Waals surface area contributed by atoms with Crippen LogP contribution in [0.2, 0.25) is 0 Å². The number of para-hydroxylation sites is 2. The van der Waals surface area contributed by atoms with Crippen molar-refractivity contribution < 1.29 is 9.59 Å². The molecule has 1 atom stereocenters. The van der Waals surface area contributed by atoms with Crippen molar-refractivity contribution in [2.45, 2.75) is 25.9 Å². The van der Waals surface area contributed by atoms with Gasteiger partial charge in [0.1, 0.15) is 0 Å². The summed E-state index contributed by atoms with van der Waals surface area (Å²) in [6.07, 6.45) is 0.903. The molecule has 5 nitrogen and oxygen atoms in total. The molecule has 0 fully saturated rings. The molecule has 0 radical (unpaired) electrons. The third-order valence-electron chi connectivity index (χ3n) is 4.89. The van der Waals surface area contributed by atoms with Gasteiger partial charge in [-0.2, -0.15) is 0 Å². The summed E-state index contributed by atoms with van der Waals surface area (Å²) in [4.78, 5) is 27.8. The highest BCUT2D eigenvalue weighted by Crippen LogP contribution is 2.43. The normalized spacial score (nSPS) is 21.2. The van der Waals surface area contributed by atoms with Crippen molar-refractivity contribution >= 4 is 23.2 Å². The molecule has 2 heterocycles. The number of carbonyl (C=O) groups excluding carboxylic acids is 2. The van der Waals surface area contributed by atoms with Crippen LogP contribution in [-0.4, -0.2) is 18.4 Å². The van der Waals surface area contributed by atoms with Gasteiger partial charge in [0, 0.05) is 17.8 Å². The zero-order chi connectivity index (χ0) is 17.6. The molecule has 0 bridgehead atoms. The summed E-state index contributed by atoms with van der Waals surface area (Å²) in [6.45, 7) is 4.91. The Morgan fingerprint density at radius 1 is 1.00 bits per heavy atom. The SMILES string of the molecule is CC(C)CCN1C(=O)[C@]2(NC(=O)c3ccccc3N2)c2ccccc21. The molecule has 2 aromatic rings. The molecule has 2 aliphatic heterocycles. The molecule has 25 heavy (non-hydrogen) atoms. The zero-order valence-corrected chi connectivity index (χ0v) is 14.4. The Hall–Kier alpha value is -2.82. The molecule has 0 unspecified atom stereocenters. The van der Waals surface area contributed by atoms with E-state index in [-0.39, 0.29) is 11.8 Å². The zero-order valence-electron chi connectivity index (χ0n) is 14.4. The Morgan fingerprint density at radius 2 is 1.72 bits per heavy atom. The van der Waals surface area contributed by atoms with E-state index in [0.29, 0.717) is 23.7 Å². The van der Waals surface area contributed by atoms with Gasteiger partial charge >= 0.3 is 0 Å². The Balaban J connectivity index is 1.80. The molecule has 2 N–H and O–H groups in total. The van der Waals surface area contributed by atoms with Crippen molar-refractivity contribution in [2.24, 2.45) is 5.92 Å². The summed E-state index contributed by atoms with van der Waals surface area (Å²) >= 11 is 0. The van der Waals surface area contributed by atoms with E-state index in [2.05, 4.69) is 24.5 Å². The van der Waals surface area contributed by atoms with Gasteiger partial charge in [-0.25, -0.2) is 0 Å². The molecule has 2 aromatic carbocycles. The van der Waals surface area contributed by atoms with Gasteiger partial charge in [0.25, 0.3) is 11.8 Å². The van der Waals surface area contributed by atoms with Crippen LogP contribution in [0.4, 0.5) is 11.4 Å². The lowest BCUT2D eigenvalue weighted by atomic mass is 9.96. The van der Waals surface area contributed by atoms with Gasteiger partial charge in [-0.3, -0.25) is 9.59 Å². The van der Waals surface area contributed by atoms with Gasteiger partial charge in [-0.1, -0.05) is 44.2 Å². The minimum absolute atomic E-state index is 0.128. The van der Waals surface area contributed by atoms with E-state index in [1.165, 1.54) is 0 Å². The molecule has 4 rings (SSSR count). The highest BCUT2D eigenvalue weighted by Gasteiger charge is 2.54. The van der Waals surface area contributed by atoms with Crippen LogP contribution < -0.4 is 15.5 Å². The van der Waals surface area contributed by atoms with Crippen molar-refractivity contribution in [2.75, 3.05) is 16.8 Å². The summed E-state index contributed by atoms with van der Waals surface area (Å²) in [7, 11) is 0. The minimum atomic E-state index is -1.22. The lowest BCUT2D eigenvalue weighted by Gasteiger charge is -2.36.